The van der Waals surface area contributed by atoms with E-state index in [4.69, 9.17) is 9.47 Å². The number of hydrogen-bond donors (Lipinski definition) is 8. The molecule has 1 heterocycles. The Kier molecular flexibility index (Phi) is 41.6. The van der Waals surface area contributed by atoms with Crippen molar-refractivity contribution in [2.45, 2.75) is 300 Å². The van der Waals surface area contributed by atoms with Crippen molar-refractivity contribution in [3.8, 4) is 0 Å². The van der Waals surface area contributed by atoms with Crippen molar-refractivity contribution >= 4 is 5.91 Å². The van der Waals surface area contributed by atoms with E-state index in [1.807, 2.05) is 0 Å². The Hall–Kier alpha value is -1.41. The summed E-state index contributed by atoms with van der Waals surface area (Å²) in [5.74, 6) is -0.710. The van der Waals surface area contributed by atoms with Gasteiger partial charge in [-0.25, -0.2) is 0 Å². The van der Waals surface area contributed by atoms with Crippen molar-refractivity contribution in [2.75, 3.05) is 13.2 Å². The molecular weight excluding hydrogens is 823 g/mol. The molecule has 0 aromatic heterocycles. The zero-order chi connectivity index (χ0) is 47.6. The summed E-state index contributed by atoms with van der Waals surface area (Å²) >= 11 is 0. The lowest BCUT2D eigenvalue weighted by molar-refractivity contribution is -0.303. The number of amides is 1. The molecule has 1 aliphatic rings. The van der Waals surface area contributed by atoms with Crippen LogP contribution in [0, 0.1) is 0 Å². The molecule has 65 heavy (non-hydrogen) atoms. The van der Waals surface area contributed by atoms with E-state index in [0.29, 0.717) is 19.3 Å². The van der Waals surface area contributed by atoms with Crippen molar-refractivity contribution in [2.24, 2.45) is 0 Å². The van der Waals surface area contributed by atoms with Gasteiger partial charge >= 0.3 is 0 Å². The summed E-state index contributed by atoms with van der Waals surface area (Å²) in [7, 11) is 0. The van der Waals surface area contributed by atoms with E-state index in [1.54, 1.807) is 0 Å². The monoisotopic (exact) mass is 926 g/mol. The van der Waals surface area contributed by atoms with E-state index in [0.717, 1.165) is 38.5 Å². The molecule has 0 aromatic carbocycles. The lowest BCUT2D eigenvalue weighted by Gasteiger charge is -2.40. The Morgan fingerprint density at radius 3 is 1.37 bits per heavy atom. The number of carbonyl (C=O) groups is 1. The average Bonchev–Trinajstić information content (AvgIpc) is 3.31. The Balaban J connectivity index is 2.31. The Morgan fingerprint density at radius 2 is 0.923 bits per heavy atom. The van der Waals surface area contributed by atoms with E-state index in [2.05, 4.69) is 43.5 Å². The maximum Gasteiger partial charge on any atom is 0.249 e. The smallest absolute Gasteiger partial charge is 0.249 e. The molecule has 0 aliphatic carbocycles. The highest BCUT2D eigenvalue weighted by atomic mass is 16.7. The van der Waals surface area contributed by atoms with E-state index in [1.165, 1.54) is 161 Å². The van der Waals surface area contributed by atoms with Crippen molar-refractivity contribution in [3.63, 3.8) is 0 Å². The van der Waals surface area contributed by atoms with Crippen LogP contribution < -0.4 is 5.32 Å². The summed E-state index contributed by atoms with van der Waals surface area (Å²) in [6, 6.07) is -1.19. The van der Waals surface area contributed by atoms with Crippen LogP contribution in [-0.4, -0.2) is 110 Å². The van der Waals surface area contributed by atoms with E-state index in [9.17, 15) is 40.5 Å². The first-order valence-electron chi connectivity index (χ1n) is 27.2. The number of hydrogen-bond acceptors (Lipinski definition) is 10. The molecule has 384 valence electrons. The summed E-state index contributed by atoms with van der Waals surface area (Å²) in [4.78, 5) is 13.1. The van der Waals surface area contributed by atoms with Gasteiger partial charge in [0.05, 0.1) is 25.4 Å². The summed E-state index contributed by atoms with van der Waals surface area (Å²) in [6.07, 6.45) is 39.7. The van der Waals surface area contributed by atoms with Gasteiger partial charge in [0.1, 0.15) is 36.6 Å². The molecule has 1 fully saturated rings. The Morgan fingerprint density at radius 1 is 0.523 bits per heavy atom. The molecule has 0 saturated carbocycles. The minimum atomic E-state index is -1.67. The highest BCUT2D eigenvalue weighted by molar-refractivity contribution is 5.80. The molecule has 0 aromatic rings. The van der Waals surface area contributed by atoms with Crippen LogP contribution in [0.3, 0.4) is 0 Å². The predicted octanol–water partition coefficient (Wildman–Crippen LogP) is 10.6. The van der Waals surface area contributed by atoms with Crippen molar-refractivity contribution in [3.05, 3.63) is 24.3 Å². The third-order valence-electron chi connectivity index (χ3n) is 13.2. The molecule has 0 spiro atoms. The number of rotatable bonds is 46. The van der Waals surface area contributed by atoms with Crippen LogP contribution in [0.1, 0.15) is 245 Å². The predicted molar refractivity (Wildman–Crippen MR) is 266 cm³/mol. The van der Waals surface area contributed by atoms with Crippen molar-refractivity contribution in [1.82, 2.24) is 5.32 Å². The van der Waals surface area contributed by atoms with Gasteiger partial charge in [0.25, 0.3) is 0 Å². The maximum atomic E-state index is 13.1. The first-order valence-corrected chi connectivity index (χ1v) is 27.2. The largest absolute Gasteiger partial charge is 0.394 e. The molecule has 9 unspecified atom stereocenters. The second kappa shape index (κ2) is 43.8. The first-order chi connectivity index (χ1) is 31.7. The van der Waals surface area contributed by atoms with Gasteiger partial charge in [0.15, 0.2) is 6.29 Å². The fourth-order valence-electron chi connectivity index (χ4n) is 8.75. The number of unbranched alkanes of at least 4 members (excludes halogenated alkanes) is 30. The summed E-state index contributed by atoms with van der Waals surface area (Å²) in [5.41, 5.74) is 0. The van der Waals surface area contributed by atoms with Gasteiger partial charge in [-0.05, 0) is 51.4 Å². The van der Waals surface area contributed by atoms with Crippen LogP contribution in [0.15, 0.2) is 24.3 Å². The van der Waals surface area contributed by atoms with Crippen LogP contribution in [0.2, 0.25) is 0 Å². The highest BCUT2D eigenvalue weighted by Crippen LogP contribution is 2.23. The number of aliphatic hydroxyl groups is 7. The molecular formula is C54H103NO10. The molecule has 0 bridgehead atoms. The molecule has 1 amide bonds. The normalized spacial score (nSPS) is 21.0. The second-order valence-corrected chi connectivity index (χ2v) is 19.3. The standard InChI is InChI=1S/C54H103NO10/c1-3-5-7-9-11-13-15-16-17-18-19-20-21-22-23-24-25-26-27-28-29-30-32-33-35-37-39-41-46(57)49(59)45(44-64-54-52(62)51(61)50(60)48(43-56)65-54)55-53(63)47(58)42-40-38-36-34-31-14-12-10-8-6-4-2/h28-29,33,35,45-52,54,56-62H,3-27,30-32,34,36-44H2,1-2H3,(H,55,63)/b29-28+,35-33+. The third kappa shape index (κ3) is 32.9. The second-order valence-electron chi connectivity index (χ2n) is 19.3. The molecule has 1 aliphatic heterocycles. The molecule has 11 heteroatoms. The zero-order valence-electron chi connectivity index (χ0n) is 41.7. The third-order valence-corrected chi connectivity index (χ3v) is 13.2. The van der Waals surface area contributed by atoms with Crippen LogP contribution >= 0.6 is 0 Å². The van der Waals surface area contributed by atoms with Gasteiger partial charge in [-0.15, -0.1) is 0 Å². The quantitative estimate of drug-likeness (QED) is 0.0216. The van der Waals surface area contributed by atoms with Gasteiger partial charge < -0.3 is 50.5 Å². The minimum Gasteiger partial charge on any atom is -0.394 e. The maximum absolute atomic E-state index is 13.1. The fraction of sp³-hybridized carbons (Fsp3) is 0.907. The molecule has 1 saturated heterocycles. The summed E-state index contributed by atoms with van der Waals surface area (Å²) in [5, 5.41) is 75.8. The molecule has 0 radical (unpaired) electrons. The van der Waals surface area contributed by atoms with Crippen LogP contribution in [-0.2, 0) is 14.3 Å². The number of carbonyl (C=O) groups excluding carboxylic acids is 1. The number of nitrogens with one attached hydrogen (secondary N) is 1. The average molecular weight is 926 g/mol. The van der Waals surface area contributed by atoms with E-state index in [-0.39, 0.29) is 12.8 Å². The Bertz CT molecular complexity index is 1110. The van der Waals surface area contributed by atoms with Crippen LogP contribution in [0.5, 0.6) is 0 Å². The Labute approximate surface area is 397 Å². The molecule has 8 N–H and O–H groups in total. The van der Waals surface area contributed by atoms with Gasteiger partial charge in [-0.3, -0.25) is 4.79 Å². The highest BCUT2D eigenvalue weighted by Gasteiger charge is 2.44. The van der Waals surface area contributed by atoms with Gasteiger partial charge in [0, 0.05) is 0 Å². The zero-order valence-corrected chi connectivity index (χ0v) is 41.7. The molecule has 11 nitrogen and oxygen atoms in total. The molecule has 9 atom stereocenters. The van der Waals surface area contributed by atoms with Crippen LogP contribution in [0.4, 0.5) is 0 Å². The van der Waals surface area contributed by atoms with Gasteiger partial charge in [-0.2, -0.15) is 0 Å². The summed E-state index contributed by atoms with van der Waals surface area (Å²) < 4.78 is 11.1. The van der Waals surface area contributed by atoms with Crippen molar-refractivity contribution in [1.29, 1.82) is 0 Å². The lowest BCUT2D eigenvalue weighted by atomic mass is 9.98. The van der Waals surface area contributed by atoms with Gasteiger partial charge in [-0.1, -0.05) is 218 Å². The topological polar surface area (TPSA) is 189 Å². The van der Waals surface area contributed by atoms with E-state index >= 15 is 0 Å². The number of ether oxygens (including phenoxy) is 2. The number of allylic oxidation sites excluding steroid dienone is 4. The number of aliphatic hydroxyl groups excluding tert-OH is 7. The van der Waals surface area contributed by atoms with E-state index < -0.39 is 74.2 Å². The minimum absolute atomic E-state index is 0.249. The van der Waals surface area contributed by atoms with Crippen molar-refractivity contribution < 1.29 is 50.0 Å². The lowest BCUT2D eigenvalue weighted by Crippen LogP contribution is -2.60. The fourth-order valence-corrected chi connectivity index (χ4v) is 8.75. The first kappa shape index (κ1) is 61.6. The molecule has 1 rings (SSSR count). The summed E-state index contributed by atoms with van der Waals surface area (Å²) in [6.45, 7) is 3.43. The van der Waals surface area contributed by atoms with Crippen LogP contribution in [0.25, 0.3) is 0 Å². The van der Waals surface area contributed by atoms with Gasteiger partial charge in [0.2, 0.25) is 5.91 Å². The SMILES string of the molecule is CCCCCCCCCCCCCCCCCCCC/C=C/CC/C=C/CCCC(O)C(O)C(COC1OC(CO)C(O)C(O)C1O)NC(=O)C(O)CCCCCCCCCCCCC.